The number of carbonyl (C=O) groups is 1. The van der Waals surface area contributed by atoms with Crippen LogP contribution in [0.2, 0.25) is 0 Å². The van der Waals surface area contributed by atoms with Gasteiger partial charge < -0.3 is 9.52 Å². The van der Waals surface area contributed by atoms with E-state index in [1.807, 2.05) is 0 Å². The quantitative estimate of drug-likeness (QED) is 0.845. The van der Waals surface area contributed by atoms with Gasteiger partial charge in [-0.05, 0) is 49.9 Å². The van der Waals surface area contributed by atoms with E-state index in [0.29, 0.717) is 18.3 Å². The van der Waals surface area contributed by atoms with Gasteiger partial charge in [-0.2, -0.15) is 0 Å². The van der Waals surface area contributed by atoms with Crippen molar-refractivity contribution in [3.63, 3.8) is 0 Å². The molecule has 0 aromatic carbocycles. The van der Waals surface area contributed by atoms with E-state index in [2.05, 4.69) is 34.6 Å². The minimum atomic E-state index is -0.924. The van der Waals surface area contributed by atoms with Crippen molar-refractivity contribution in [3.05, 3.63) is 51.6 Å². The van der Waals surface area contributed by atoms with Crippen LogP contribution < -0.4 is 0 Å². The monoisotopic (exact) mass is 345 g/mol. The SMILES string of the molecule is Cc1oc(CN2CCCCCC2/C=C/c2cccs2)cc1C(=O)O. The first-order chi connectivity index (χ1) is 11.6. The molecule has 1 N–H and O–H groups in total. The summed E-state index contributed by atoms with van der Waals surface area (Å²) in [4.78, 5) is 14.9. The van der Waals surface area contributed by atoms with Crippen molar-refractivity contribution in [2.75, 3.05) is 6.54 Å². The molecule has 0 bridgehead atoms. The fraction of sp³-hybridized carbons (Fsp3) is 0.421. The number of aromatic carboxylic acids is 1. The second kappa shape index (κ2) is 7.81. The highest BCUT2D eigenvalue weighted by molar-refractivity contribution is 7.10. The molecule has 1 aliphatic heterocycles. The van der Waals surface area contributed by atoms with Gasteiger partial charge in [-0.1, -0.05) is 25.0 Å². The molecule has 3 rings (SSSR count). The van der Waals surface area contributed by atoms with Crippen LogP contribution >= 0.6 is 11.3 Å². The summed E-state index contributed by atoms with van der Waals surface area (Å²) in [6.45, 7) is 3.39. The molecule has 1 saturated heterocycles. The maximum absolute atomic E-state index is 11.2. The second-order valence-corrected chi connectivity index (χ2v) is 7.23. The van der Waals surface area contributed by atoms with Crippen molar-refractivity contribution in [2.45, 2.75) is 45.2 Å². The Morgan fingerprint density at radius 1 is 1.46 bits per heavy atom. The lowest BCUT2D eigenvalue weighted by atomic mass is 10.1. The lowest BCUT2D eigenvalue weighted by Crippen LogP contribution is -2.32. The molecule has 0 radical (unpaired) electrons. The summed E-state index contributed by atoms with van der Waals surface area (Å²) in [5.74, 6) is 0.298. The predicted molar refractivity (Wildman–Crippen MR) is 96.4 cm³/mol. The smallest absolute Gasteiger partial charge is 0.339 e. The van der Waals surface area contributed by atoms with Crippen LogP contribution in [0.5, 0.6) is 0 Å². The molecule has 1 atom stereocenters. The third-order valence-electron chi connectivity index (χ3n) is 4.50. The molecule has 2 aromatic heterocycles. The summed E-state index contributed by atoms with van der Waals surface area (Å²) >= 11 is 1.74. The zero-order valence-corrected chi connectivity index (χ0v) is 14.7. The normalized spacial score (nSPS) is 19.6. The number of hydrogen-bond donors (Lipinski definition) is 1. The molecule has 128 valence electrons. The molecule has 3 heterocycles. The summed E-state index contributed by atoms with van der Waals surface area (Å²) in [5.41, 5.74) is 0.269. The average Bonchev–Trinajstić information content (AvgIpc) is 3.13. The van der Waals surface area contributed by atoms with Crippen molar-refractivity contribution in [1.29, 1.82) is 0 Å². The Morgan fingerprint density at radius 2 is 2.33 bits per heavy atom. The van der Waals surface area contributed by atoms with Crippen LogP contribution in [-0.4, -0.2) is 28.6 Å². The fourth-order valence-corrected chi connectivity index (χ4v) is 3.86. The van der Waals surface area contributed by atoms with Gasteiger partial charge in [0.15, 0.2) is 0 Å². The molecule has 0 spiro atoms. The van der Waals surface area contributed by atoms with Crippen LogP contribution in [0.15, 0.2) is 34.1 Å². The van der Waals surface area contributed by atoms with E-state index in [9.17, 15) is 9.90 Å². The largest absolute Gasteiger partial charge is 0.478 e. The van der Waals surface area contributed by atoms with Gasteiger partial charge in [0.2, 0.25) is 0 Å². The van der Waals surface area contributed by atoms with Crippen LogP contribution in [0.4, 0.5) is 0 Å². The van der Waals surface area contributed by atoms with Crippen molar-refractivity contribution in [2.24, 2.45) is 0 Å². The van der Waals surface area contributed by atoms with Crippen LogP contribution in [0, 0.1) is 6.92 Å². The Hall–Kier alpha value is -1.85. The Bertz CT molecular complexity index is 702. The van der Waals surface area contributed by atoms with E-state index in [1.54, 1.807) is 24.3 Å². The average molecular weight is 345 g/mol. The Kier molecular flexibility index (Phi) is 5.53. The maximum Gasteiger partial charge on any atom is 0.339 e. The predicted octanol–water partition coefficient (Wildman–Crippen LogP) is 4.81. The summed E-state index contributed by atoms with van der Waals surface area (Å²) in [7, 11) is 0. The fourth-order valence-electron chi connectivity index (χ4n) is 3.23. The van der Waals surface area contributed by atoms with E-state index >= 15 is 0 Å². The van der Waals surface area contributed by atoms with E-state index in [4.69, 9.17) is 4.42 Å². The van der Waals surface area contributed by atoms with Gasteiger partial charge in [-0.25, -0.2) is 4.79 Å². The van der Waals surface area contributed by atoms with Gasteiger partial charge in [0.05, 0.1) is 6.54 Å². The van der Waals surface area contributed by atoms with Gasteiger partial charge in [0.25, 0.3) is 0 Å². The number of thiophene rings is 1. The highest BCUT2D eigenvalue weighted by atomic mass is 32.1. The lowest BCUT2D eigenvalue weighted by Gasteiger charge is -2.26. The Labute approximate surface area is 146 Å². The molecular weight excluding hydrogens is 322 g/mol. The number of hydrogen-bond acceptors (Lipinski definition) is 4. The molecule has 0 amide bonds. The molecular formula is C19H23NO3S. The first-order valence-corrected chi connectivity index (χ1v) is 9.30. The molecule has 1 unspecified atom stereocenters. The van der Waals surface area contributed by atoms with Gasteiger partial charge >= 0.3 is 5.97 Å². The van der Waals surface area contributed by atoms with Crippen molar-refractivity contribution >= 4 is 23.4 Å². The molecule has 4 nitrogen and oxygen atoms in total. The van der Waals surface area contributed by atoms with Gasteiger partial charge in [-0.15, -0.1) is 11.3 Å². The van der Waals surface area contributed by atoms with Crippen molar-refractivity contribution in [3.8, 4) is 0 Å². The molecule has 5 heteroatoms. The minimum Gasteiger partial charge on any atom is -0.478 e. The molecule has 0 saturated carbocycles. The third-order valence-corrected chi connectivity index (χ3v) is 5.34. The number of nitrogens with zero attached hydrogens (tertiary/aromatic N) is 1. The zero-order chi connectivity index (χ0) is 16.9. The summed E-state index contributed by atoms with van der Waals surface area (Å²) < 4.78 is 5.67. The highest BCUT2D eigenvalue weighted by Crippen LogP contribution is 2.24. The van der Waals surface area contributed by atoms with Crippen molar-refractivity contribution in [1.82, 2.24) is 4.90 Å². The molecule has 0 aliphatic carbocycles. The number of rotatable bonds is 5. The maximum atomic E-state index is 11.2. The molecule has 1 fully saturated rings. The number of likely N-dealkylation sites (tertiary alicyclic amines) is 1. The van der Waals surface area contributed by atoms with Crippen molar-refractivity contribution < 1.29 is 14.3 Å². The van der Waals surface area contributed by atoms with Gasteiger partial charge in [-0.3, -0.25) is 4.90 Å². The number of aryl methyl sites for hydroxylation is 1. The number of carboxylic acid groups (broad SMARTS) is 1. The van der Waals surface area contributed by atoms with Gasteiger partial charge in [0.1, 0.15) is 17.1 Å². The van der Waals surface area contributed by atoms with Crippen LogP contribution in [0.25, 0.3) is 6.08 Å². The van der Waals surface area contributed by atoms with Crippen LogP contribution in [0.3, 0.4) is 0 Å². The number of furan rings is 1. The summed E-state index contributed by atoms with van der Waals surface area (Å²) in [6, 6.07) is 6.22. The topological polar surface area (TPSA) is 53.7 Å². The number of carboxylic acids is 1. The van der Waals surface area contributed by atoms with Crippen LogP contribution in [0.1, 0.15) is 52.4 Å². The van der Waals surface area contributed by atoms with E-state index < -0.39 is 5.97 Å². The summed E-state index contributed by atoms with van der Waals surface area (Å²) in [6.07, 6.45) is 9.27. The van der Waals surface area contributed by atoms with E-state index in [1.165, 1.54) is 24.1 Å². The first-order valence-electron chi connectivity index (χ1n) is 8.42. The summed E-state index contributed by atoms with van der Waals surface area (Å²) in [5, 5.41) is 11.3. The van der Waals surface area contributed by atoms with E-state index in [0.717, 1.165) is 18.7 Å². The molecule has 1 aliphatic rings. The standard InChI is InChI=1S/C19H23NO3S/c1-14-18(19(21)22)12-16(23-14)13-20-10-4-2-3-6-15(20)8-9-17-7-5-11-24-17/h5,7-9,11-12,15H,2-4,6,10,13H2,1H3,(H,21,22)/b9-8+. The third kappa shape index (κ3) is 4.16. The second-order valence-electron chi connectivity index (χ2n) is 6.25. The minimum absolute atomic E-state index is 0.269. The van der Waals surface area contributed by atoms with E-state index in [-0.39, 0.29) is 5.56 Å². The molecule has 2 aromatic rings. The Morgan fingerprint density at radius 3 is 3.04 bits per heavy atom. The Balaban J connectivity index is 1.74. The lowest BCUT2D eigenvalue weighted by molar-refractivity contribution is 0.0695. The molecule has 24 heavy (non-hydrogen) atoms. The first kappa shape index (κ1) is 17.0. The highest BCUT2D eigenvalue weighted by Gasteiger charge is 2.22. The zero-order valence-electron chi connectivity index (χ0n) is 13.9. The van der Waals surface area contributed by atoms with Gasteiger partial charge in [0, 0.05) is 10.9 Å². The van der Waals surface area contributed by atoms with Crippen LogP contribution in [-0.2, 0) is 6.54 Å².